The van der Waals surface area contributed by atoms with Crippen molar-refractivity contribution in [3.05, 3.63) is 48.4 Å². The Kier molecular flexibility index (Phi) is 4.52. The zero-order valence-corrected chi connectivity index (χ0v) is 14.3. The molecule has 0 radical (unpaired) electrons. The predicted molar refractivity (Wildman–Crippen MR) is 94.6 cm³/mol. The van der Waals surface area contributed by atoms with Crippen molar-refractivity contribution in [2.75, 3.05) is 25.0 Å². The maximum atomic E-state index is 12.4. The number of hydrogen-bond donors (Lipinski definition) is 3. The maximum Gasteiger partial charge on any atom is 0.363 e. The van der Waals surface area contributed by atoms with E-state index in [1.807, 2.05) is 18.2 Å². The van der Waals surface area contributed by atoms with Crippen LogP contribution >= 0.6 is 0 Å². The molecule has 2 aromatic heterocycles. The molecule has 3 aromatic rings. The van der Waals surface area contributed by atoms with E-state index in [0.717, 1.165) is 24.1 Å². The number of piperidine rings is 1. The van der Waals surface area contributed by atoms with Gasteiger partial charge in [-0.3, -0.25) is 0 Å². The van der Waals surface area contributed by atoms with Gasteiger partial charge in [0.1, 0.15) is 24.1 Å². The number of aromatic amines is 1. The molecule has 1 saturated heterocycles. The van der Waals surface area contributed by atoms with Crippen LogP contribution in [0.4, 0.5) is 5.95 Å². The third-order valence-electron chi connectivity index (χ3n) is 4.94. The fourth-order valence-electron chi connectivity index (χ4n) is 3.61. The molecular weight excluding hydrogens is 316 g/mol. The Balaban J connectivity index is 1.57. The fraction of sp³-hybridized carbons (Fsp3) is 0.368. The van der Waals surface area contributed by atoms with E-state index in [2.05, 4.69) is 20.9 Å². The molecule has 0 aliphatic carbocycles. The molecule has 4 rings (SSSR count). The lowest BCUT2D eigenvalue weighted by molar-refractivity contribution is -0.921. The fourth-order valence-corrected chi connectivity index (χ4v) is 3.61. The van der Waals surface area contributed by atoms with Crippen LogP contribution in [0.2, 0.25) is 0 Å². The average Bonchev–Trinajstić information content (AvgIpc) is 3.29. The topological polar surface area (TPSA) is 66.3 Å². The number of aromatic nitrogens is 2. The third-order valence-corrected chi connectivity index (χ3v) is 4.94. The summed E-state index contributed by atoms with van der Waals surface area (Å²) in [7, 11) is 0. The second-order valence-corrected chi connectivity index (χ2v) is 6.63. The molecule has 0 unspecified atom stereocenters. The Morgan fingerprint density at radius 1 is 1.16 bits per heavy atom. The first-order chi connectivity index (χ1) is 12.3. The standard InChI is InChI=1S/C19H22N4O2/c24-18(17-9-6-14-25-17)21-19-20-15-7-2-3-8-16(15)23(19)13-12-22-10-4-1-5-11-22/h2-3,6-9,14H,1,4-5,10-13H2,(H,20,21,24)/p+2. The molecule has 1 fully saturated rings. The average molecular weight is 340 g/mol. The van der Waals surface area contributed by atoms with Gasteiger partial charge in [-0.25, -0.2) is 19.7 Å². The van der Waals surface area contributed by atoms with Crippen LogP contribution in [-0.4, -0.2) is 30.5 Å². The summed E-state index contributed by atoms with van der Waals surface area (Å²) in [6.07, 6.45) is 5.49. The van der Waals surface area contributed by atoms with Gasteiger partial charge >= 0.3 is 11.9 Å². The summed E-state index contributed by atoms with van der Waals surface area (Å²) in [4.78, 5) is 17.3. The zero-order chi connectivity index (χ0) is 17.1. The lowest BCUT2D eigenvalue weighted by atomic mass is 10.1. The number of fused-ring (bicyclic) bond motifs is 1. The lowest BCUT2D eigenvalue weighted by Gasteiger charge is -2.23. The van der Waals surface area contributed by atoms with Crippen molar-refractivity contribution >= 4 is 22.9 Å². The molecule has 25 heavy (non-hydrogen) atoms. The summed E-state index contributed by atoms with van der Waals surface area (Å²) in [6.45, 7) is 4.43. The molecule has 0 atom stereocenters. The van der Waals surface area contributed by atoms with Crippen LogP contribution in [0.15, 0.2) is 47.1 Å². The van der Waals surface area contributed by atoms with Gasteiger partial charge in [0, 0.05) is 0 Å². The van der Waals surface area contributed by atoms with Gasteiger partial charge < -0.3 is 9.32 Å². The van der Waals surface area contributed by atoms with Gasteiger partial charge in [-0.2, -0.15) is 0 Å². The Labute approximate surface area is 146 Å². The highest BCUT2D eigenvalue weighted by Crippen LogP contribution is 2.13. The molecule has 130 valence electrons. The highest BCUT2D eigenvalue weighted by Gasteiger charge is 2.23. The molecule has 6 nitrogen and oxygen atoms in total. The number of likely N-dealkylation sites (tertiary alicyclic amines) is 1. The van der Waals surface area contributed by atoms with Crippen LogP contribution in [0.25, 0.3) is 11.0 Å². The molecule has 1 aliphatic heterocycles. The molecule has 0 bridgehead atoms. The molecule has 3 heterocycles. The van der Waals surface area contributed by atoms with Crippen molar-refractivity contribution in [2.24, 2.45) is 0 Å². The zero-order valence-electron chi connectivity index (χ0n) is 14.3. The van der Waals surface area contributed by atoms with E-state index >= 15 is 0 Å². The van der Waals surface area contributed by atoms with Gasteiger partial charge in [-0.05, 0) is 43.5 Å². The summed E-state index contributed by atoms with van der Waals surface area (Å²) in [6, 6.07) is 11.5. The Morgan fingerprint density at radius 3 is 2.80 bits per heavy atom. The number of carbonyl (C=O) groups excluding carboxylic acids is 1. The summed E-state index contributed by atoms with van der Waals surface area (Å²) >= 11 is 0. The summed E-state index contributed by atoms with van der Waals surface area (Å²) < 4.78 is 7.36. The number of benzene rings is 1. The number of quaternary nitrogens is 1. The molecule has 1 aromatic carbocycles. The maximum absolute atomic E-state index is 12.4. The van der Waals surface area contributed by atoms with Crippen LogP contribution < -0.4 is 14.8 Å². The first-order valence-corrected chi connectivity index (χ1v) is 9.00. The molecule has 1 aliphatic rings. The van der Waals surface area contributed by atoms with E-state index < -0.39 is 0 Å². The molecule has 6 heteroatoms. The summed E-state index contributed by atoms with van der Waals surface area (Å²) in [5.41, 5.74) is 2.12. The van der Waals surface area contributed by atoms with Crippen LogP contribution in [-0.2, 0) is 6.54 Å². The Hall–Kier alpha value is -2.60. The number of para-hydroxylation sites is 2. The molecule has 3 N–H and O–H groups in total. The van der Waals surface area contributed by atoms with E-state index in [0.29, 0.717) is 11.7 Å². The Morgan fingerprint density at radius 2 is 2.00 bits per heavy atom. The van der Waals surface area contributed by atoms with E-state index in [-0.39, 0.29) is 5.91 Å². The highest BCUT2D eigenvalue weighted by atomic mass is 16.3. The second-order valence-electron chi connectivity index (χ2n) is 6.63. The van der Waals surface area contributed by atoms with Crippen molar-refractivity contribution in [1.82, 2.24) is 4.98 Å². The largest absolute Gasteiger partial charge is 0.458 e. The van der Waals surface area contributed by atoms with E-state index in [4.69, 9.17) is 4.42 Å². The molecule has 1 amide bonds. The molecule has 0 spiro atoms. The third kappa shape index (κ3) is 3.44. The van der Waals surface area contributed by atoms with Gasteiger partial charge in [0.25, 0.3) is 0 Å². The first-order valence-electron chi connectivity index (χ1n) is 9.00. The normalized spacial score (nSPS) is 15.5. The van der Waals surface area contributed by atoms with Gasteiger partial charge in [-0.15, -0.1) is 0 Å². The van der Waals surface area contributed by atoms with Gasteiger partial charge in [0.2, 0.25) is 5.76 Å². The minimum atomic E-state index is -0.240. The lowest BCUT2D eigenvalue weighted by Crippen LogP contribution is -3.13. The number of hydrogen-bond acceptors (Lipinski definition) is 2. The van der Waals surface area contributed by atoms with E-state index in [9.17, 15) is 4.79 Å². The van der Waals surface area contributed by atoms with Gasteiger partial charge in [0.15, 0.2) is 0 Å². The van der Waals surface area contributed by atoms with E-state index in [1.54, 1.807) is 17.0 Å². The SMILES string of the molecule is O=C(Nc1[nH]c2ccccc2[n+]1CC[NH+]1CCCCC1)c1ccco1. The van der Waals surface area contributed by atoms with Crippen LogP contribution in [0.5, 0.6) is 0 Å². The van der Waals surface area contributed by atoms with Gasteiger partial charge in [-0.1, -0.05) is 12.1 Å². The first kappa shape index (κ1) is 15.9. The summed E-state index contributed by atoms with van der Waals surface area (Å²) in [5.74, 6) is 0.779. The van der Waals surface area contributed by atoms with Crippen molar-refractivity contribution in [2.45, 2.75) is 25.8 Å². The smallest absolute Gasteiger partial charge is 0.363 e. The predicted octanol–water partition coefficient (Wildman–Crippen LogP) is 1.37. The quantitative estimate of drug-likeness (QED) is 0.614. The molecule has 0 saturated carbocycles. The number of carbonyl (C=O) groups is 1. The van der Waals surface area contributed by atoms with Crippen LogP contribution in [0.3, 0.4) is 0 Å². The second kappa shape index (κ2) is 7.11. The minimum absolute atomic E-state index is 0.240. The number of anilines is 1. The number of H-pyrrole nitrogens is 1. The number of rotatable bonds is 5. The minimum Gasteiger partial charge on any atom is -0.458 e. The molecular formula is C19H24N4O2+2. The highest BCUT2D eigenvalue weighted by molar-refractivity contribution is 6.01. The van der Waals surface area contributed by atoms with E-state index in [1.165, 1.54) is 38.6 Å². The number of nitrogens with one attached hydrogen (secondary N) is 3. The number of nitrogens with zero attached hydrogens (tertiary/aromatic N) is 1. The van der Waals surface area contributed by atoms with Gasteiger partial charge in [0.05, 0.1) is 19.4 Å². The summed E-state index contributed by atoms with van der Waals surface area (Å²) in [5, 5.41) is 2.96. The van der Waals surface area contributed by atoms with Crippen molar-refractivity contribution in [3.63, 3.8) is 0 Å². The number of amides is 1. The monoisotopic (exact) mass is 340 g/mol. The van der Waals surface area contributed by atoms with Crippen molar-refractivity contribution < 1.29 is 18.7 Å². The number of imidazole rings is 1. The van der Waals surface area contributed by atoms with Crippen molar-refractivity contribution in [1.29, 1.82) is 0 Å². The van der Waals surface area contributed by atoms with Crippen LogP contribution in [0.1, 0.15) is 29.8 Å². The Bertz CT molecular complexity index is 848. The van der Waals surface area contributed by atoms with Crippen LogP contribution in [0, 0.1) is 0 Å². The van der Waals surface area contributed by atoms with Crippen molar-refractivity contribution in [3.8, 4) is 0 Å². The number of furan rings is 1.